The average molecular weight is 909 g/mol. The Morgan fingerprint density at radius 3 is 1.26 bits per heavy atom. The van der Waals surface area contributed by atoms with Gasteiger partial charge in [0.25, 0.3) is 11.8 Å². The maximum atomic E-state index is 13.0. The monoisotopic (exact) mass is 908 g/mol. The van der Waals surface area contributed by atoms with Crippen LogP contribution in [-0.2, 0) is 35.7 Å². The van der Waals surface area contributed by atoms with E-state index in [1.165, 1.54) is 96.4 Å². The van der Waals surface area contributed by atoms with E-state index in [1.807, 2.05) is 64.1 Å². The molecule has 6 N–H and O–H groups in total. The number of nitrogens with zero attached hydrogens (tertiary/aromatic N) is 4. The van der Waals surface area contributed by atoms with Crippen LogP contribution >= 0.6 is 0 Å². The number of carbonyl (C=O) groups excluding carboxylic acids is 2. The zero-order valence-corrected chi connectivity index (χ0v) is 39.5. The van der Waals surface area contributed by atoms with Crippen molar-refractivity contribution < 1.29 is 19.1 Å². The number of rotatable bonds is 10. The molecule has 2 amide bonds. The number of hydrogen-bond donors (Lipinski definition) is 4. The smallest absolute Gasteiger partial charge is 0.251 e. The van der Waals surface area contributed by atoms with Crippen LogP contribution in [0.2, 0.25) is 0 Å². The molecule has 0 aliphatic carbocycles. The van der Waals surface area contributed by atoms with Gasteiger partial charge >= 0.3 is 0 Å². The van der Waals surface area contributed by atoms with Crippen molar-refractivity contribution in [1.82, 2.24) is 30.4 Å². The van der Waals surface area contributed by atoms with Gasteiger partial charge in [0.2, 0.25) is 0 Å². The quantitative estimate of drug-likeness (QED) is 0.105. The fraction of sp³-hybridized carbons (Fsp3) is 0.357. The van der Waals surface area contributed by atoms with E-state index in [0.29, 0.717) is 35.9 Å². The van der Waals surface area contributed by atoms with E-state index in [1.54, 1.807) is 0 Å². The van der Waals surface area contributed by atoms with Crippen molar-refractivity contribution in [2.24, 2.45) is 0 Å². The summed E-state index contributed by atoms with van der Waals surface area (Å²) in [6.07, 6.45) is 4.96. The molecule has 2 fully saturated rings. The third-order valence-electron chi connectivity index (χ3n) is 15.0. The number of aromatic nitrogens is 2. The Morgan fingerprint density at radius 1 is 0.515 bits per heavy atom. The van der Waals surface area contributed by atoms with Crippen LogP contribution in [0.25, 0.3) is 0 Å². The molecule has 4 bridgehead atoms. The Hall–Kier alpha value is -6.44. The third-order valence-corrected chi connectivity index (χ3v) is 15.0. The number of amides is 2. The van der Waals surface area contributed by atoms with Gasteiger partial charge in [-0.15, -0.1) is 0 Å². The highest BCUT2D eigenvalue weighted by atomic mass is 16.5. The highest BCUT2D eigenvalue weighted by Crippen LogP contribution is 2.55. The number of fused-ring (bicyclic) bond motifs is 16. The van der Waals surface area contributed by atoms with Crippen LogP contribution in [0.1, 0.15) is 160 Å². The lowest BCUT2D eigenvalue weighted by atomic mass is 9.84. The summed E-state index contributed by atoms with van der Waals surface area (Å²) in [6.45, 7) is 15.4. The molecule has 8 heterocycles. The van der Waals surface area contributed by atoms with Crippen molar-refractivity contribution in [3.63, 3.8) is 0 Å². The Bertz CT molecular complexity index is 2950. The summed E-state index contributed by atoms with van der Waals surface area (Å²) in [5, 5.41) is 6.10. The number of nitrogens with one attached hydrogen (secondary N) is 2. The molecule has 348 valence electrons. The number of pyridine rings is 2. The molecule has 6 aromatic rings. The maximum Gasteiger partial charge on any atom is 0.251 e. The fourth-order valence-corrected chi connectivity index (χ4v) is 11.5. The Morgan fingerprint density at radius 2 is 0.868 bits per heavy atom. The van der Waals surface area contributed by atoms with Gasteiger partial charge in [-0.1, -0.05) is 48.5 Å². The van der Waals surface area contributed by atoms with Crippen molar-refractivity contribution >= 4 is 23.5 Å². The third kappa shape index (κ3) is 8.23. The van der Waals surface area contributed by atoms with Gasteiger partial charge in [-0.05, 0) is 194 Å². The Balaban J connectivity index is 0.000000149. The summed E-state index contributed by atoms with van der Waals surface area (Å²) >= 11 is 0. The van der Waals surface area contributed by atoms with Crippen molar-refractivity contribution in [2.45, 2.75) is 104 Å². The van der Waals surface area contributed by atoms with E-state index in [4.69, 9.17) is 20.9 Å². The molecule has 0 spiro atoms. The lowest BCUT2D eigenvalue weighted by molar-refractivity contribution is 0.0855. The first-order chi connectivity index (χ1) is 32.9. The normalized spacial score (nSPS) is 20.4. The summed E-state index contributed by atoms with van der Waals surface area (Å²) in [6, 6.07) is 29.2. The molecule has 6 aliphatic heterocycles. The molecular formula is C56H60N8O4. The van der Waals surface area contributed by atoms with Crippen LogP contribution in [-0.4, -0.2) is 57.8 Å². The molecule has 4 aromatic carbocycles. The number of benzene rings is 4. The second-order valence-electron chi connectivity index (χ2n) is 19.6. The van der Waals surface area contributed by atoms with Crippen LogP contribution in [0, 0.1) is 27.7 Å². The van der Waals surface area contributed by atoms with E-state index in [-0.39, 0.29) is 36.2 Å². The molecule has 12 rings (SSSR count). The van der Waals surface area contributed by atoms with E-state index < -0.39 is 0 Å². The topological polar surface area (TPSA) is 161 Å². The number of nitrogen functional groups attached to an aromatic ring is 2. The Kier molecular flexibility index (Phi) is 11.6. The standard InChI is InChI=1S/2C28H30N4O2/c1-16-11-25(29)31-17(2)24(16)14-30-28(33)19-6-8-21-23(13-19)27-20-7-5-18(12-22(20)26(21)34-27)15-32-9-3-4-10-32;1-16-11-25(29)31-17(2)24(16)14-30-28(33)19-6-8-21-23(13-19)27-22-12-18(15-32-9-3-4-10-32)5-7-20(22)26(21)34-27/h2*5-8,11-13,26-27H,3-4,9-10,14-15H2,1-2H3,(H2,29,31)(H,30,33). The minimum atomic E-state index is -0.0950. The number of likely N-dealkylation sites (tertiary alicyclic amines) is 2. The molecule has 4 atom stereocenters. The van der Waals surface area contributed by atoms with Crippen LogP contribution in [0.15, 0.2) is 84.9 Å². The number of carbonyl (C=O) groups is 2. The molecular weight excluding hydrogens is 849 g/mol. The lowest BCUT2D eigenvalue weighted by Gasteiger charge is -2.20. The van der Waals surface area contributed by atoms with Gasteiger partial charge in [0, 0.05) is 48.7 Å². The molecule has 6 aliphatic rings. The lowest BCUT2D eigenvalue weighted by Crippen LogP contribution is -2.24. The molecule has 4 unspecified atom stereocenters. The van der Waals surface area contributed by atoms with Crippen LogP contribution in [0.4, 0.5) is 11.6 Å². The highest BCUT2D eigenvalue weighted by Gasteiger charge is 2.44. The zero-order chi connectivity index (χ0) is 46.8. The largest absolute Gasteiger partial charge is 0.384 e. The van der Waals surface area contributed by atoms with Gasteiger partial charge in [-0.3, -0.25) is 19.4 Å². The second kappa shape index (κ2) is 17.9. The van der Waals surface area contributed by atoms with E-state index in [9.17, 15) is 9.59 Å². The number of ether oxygens (including phenoxy) is 2. The first-order valence-corrected chi connectivity index (χ1v) is 24.3. The van der Waals surface area contributed by atoms with Gasteiger partial charge in [-0.25, -0.2) is 9.97 Å². The summed E-state index contributed by atoms with van der Waals surface area (Å²) < 4.78 is 12.8. The number of nitrogens with two attached hydrogens (primary N) is 2. The number of aryl methyl sites for hydroxylation is 4. The summed E-state index contributed by atoms with van der Waals surface area (Å²) in [4.78, 5) is 39.7. The fourth-order valence-electron chi connectivity index (χ4n) is 11.5. The molecule has 0 radical (unpaired) electrons. The van der Waals surface area contributed by atoms with Gasteiger partial charge in [-0.2, -0.15) is 0 Å². The highest BCUT2D eigenvalue weighted by molar-refractivity contribution is 5.95. The first kappa shape index (κ1) is 44.1. The van der Waals surface area contributed by atoms with Crippen molar-refractivity contribution in [2.75, 3.05) is 37.6 Å². The summed E-state index contributed by atoms with van der Waals surface area (Å²) in [5.74, 6) is 0.816. The average Bonchev–Trinajstić information content (AvgIpc) is 4.20. The maximum absolute atomic E-state index is 13.0. The predicted molar refractivity (Wildman–Crippen MR) is 263 cm³/mol. The van der Waals surface area contributed by atoms with Gasteiger partial charge in [0.15, 0.2) is 0 Å². The first-order valence-electron chi connectivity index (χ1n) is 24.3. The minimum absolute atomic E-state index is 0.0286. The number of anilines is 2. The van der Waals surface area contributed by atoms with Gasteiger partial charge in [0.1, 0.15) is 36.1 Å². The van der Waals surface area contributed by atoms with E-state index >= 15 is 0 Å². The molecule has 12 nitrogen and oxygen atoms in total. The van der Waals surface area contributed by atoms with Crippen LogP contribution in [0.3, 0.4) is 0 Å². The van der Waals surface area contributed by atoms with Gasteiger partial charge in [0.05, 0.1) is 0 Å². The van der Waals surface area contributed by atoms with Crippen molar-refractivity contribution in [3.8, 4) is 0 Å². The summed E-state index contributed by atoms with van der Waals surface area (Å²) in [5.41, 5.74) is 31.1. The van der Waals surface area contributed by atoms with Crippen molar-refractivity contribution in [3.05, 3.63) is 185 Å². The van der Waals surface area contributed by atoms with E-state index in [2.05, 4.69) is 78.9 Å². The molecule has 12 heteroatoms. The zero-order valence-electron chi connectivity index (χ0n) is 39.5. The SMILES string of the molecule is Cc1cc(N)nc(C)c1CNC(=O)c1ccc2c(c1)C1OC2c2cc(CN3CCCC3)ccc21.Cc1cc(N)nc(C)c1CNC(=O)c1ccc2c(c1)C1OC2c2ccc(CN3CCCC3)cc21. The molecule has 2 saturated heterocycles. The predicted octanol–water partition coefficient (Wildman–Crippen LogP) is 8.66. The second-order valence-corrected chi connectivity index (χ2v) is 19.6. The Labute approximate surface area is 398 Å². The minimum Gasteiger partial charge on any atom is -0.384 e. The van der Waals surface area contributed by atoms with Crippen LogP contribution < -0.4 is 22.1 Å². The molecule has 2 aromatic heterocycles. The van der Waals surface area contributed by atoms with Crippen LogP contribution in [0.5, 0.6) is 0 Å². The summed E-state index contributed by atoms with van der Waals surface area (Å²) in [7, 11) is 0. The van der Waals surface area contributed by atoms with E-state index in [0.717, 1.165) is 57.9 Å². The van der Waals surface area contributed by atoms with Gasteiger partial charge < -0.3 is 31.6 Å². The molecule has 68 heavy (non-hydrogen) atoms. The number of hydrogen-bond acceptors (Lipinski definition) is 10. The molecule has 0 saturated carbocycles. The van der Waals surface area contributed by atoms with Crippen molar-refractivity contribution in [1.29, 1.82) is 0 Å².